The maximum absolute atomic E-state index is 6.53. The molecule has 4 heteroatoms. The Kier molecular flexibility index (Phi) is 4.57. The number of hydrogen-bond donors (Lipinski definition) is 0. The van der Waals surface area contributed by atoms with Gasteiger partial charge < -0.3 is 9.47 Å². The number of hydrogen-bond acceptors (Lipinski definition) is 4. The Balaban J connectivity index is 1.49. The Morgan fingerprint density at radius 2 is 1.62 bits per heavy atom. The lowest BCUT2D eigenvalue weighted by atomic mass is 9.93. The van der Waals surface area contributed by atoms with Gasteiger partial charge in [-0.25, -0.2) is 5.01 Å². The Hall–Kier alpha value is -3.79. The summed E-state index contributed by atoms with van der Waals surface area (Å²) >= 11 is 0. The van der Waals surface area contributed by atoms with Gasteiger partial charge in [-0.2, -0.15) is 5.10 Å². The van der Waals surface area contributed by atoms with Crippen molar-refractivity contribution in [2.75, 3.05) is 6.61 Å². The lowest BCUT2D eigenvalue weighted by Gasteiger charge is -2.38. The minimum atomic E-state index is -0.342. The molecule has 2 atom stereocenters. The number of fused-ring (bicyclic) bond motifs is 4. The zero-order valence-corrected chi connectivity index (χ0v) is 17.9. The van der Waals surface area contributed by atoms with Gasteiger partial charge in [0.25, 0.3) is 0 Å². The molecule has 0 unspecified atom stereocenters. The van der Waals surface area contributed by atoms with E-state index in [0.29, 0.717) is 6.61 Å². The number of rotatable bonds is 4. The molecule has 0 N–H and O–H groups in total. The standard InChI is InChI=1S/C28H24N2O2/c1-2-31-26-16-7-6-14-23(26)28-30-25(22-13-5-8-17-27(22)32-28)18-24(29-30)21-15-9-11-19-10-3-4-12-20(19)21/h3-17,25,28H,2,18H2,1H3/t25-,28-/m1/s1. The maximum atomic E-state index is 6.53. The minimum absolute atomic E-state index is 0.119. The second-order valence-electron chi connectivity index (χ2n) is 8.15. The van der Waals surface area contributed by atoms with Crippen molar-refractivity contribution in [3.05, 3.63) is 108 Å². The highest BCUT2D eigenvalue weighted by molar-refractivity contribution is 6.11. The molecule has 0 saturated heterocycles. The summed E-state index contributed by atoms with van der Waals surface area (Å²) in [6.45, 7) is 2.61. The van der Waals surface area contributed by atoms with Crippen LogP contribution in [0.2, 0.25) is 0 Å². The van der Waals surface area contributed by atoms with Crippen molar-refractivity contribution < 1.29 is 9.47 Å². The van der Waals surface area contributed by atoms with Crippen molar-refractivity contribution in [2.45, 2.75) is 25.6 Å². The summed E-state index contributed by atoms with van der Waals surface area (Å²) in [6.07, 6.45) is 0.493. The first-order valence-corrected chi connectivity index (χ1v) is 11.1. The topological polar surface area (TPSA) is 34.1 Å². The van der Waals surface area contributed by atoms with E-state index >= 15 is 0 Å². The van der Waals surface area contributed by atoms with Crippen LogP contribution in [0.15, 0.2) is 96.1 Å². The third-order valence-electron chi connectivity index (χ3n) is 6.28. The first-order chi connectivity index (χ1) is 15.8. The normalized spacial score (nSPS) is 19.2. The number of ether oxygens (including phenoxy) is 2. The van der Waals surface area contributed by atoms with Gasteiger partial charge in [-0.3, -0.25) is 0 Å². The van der Waals surface area contributed by atoms with Crippen molar-refractivity contribution in [2.24, 2.45) is 5.10 Å². The second kappa shape index (κ2) is 7.72. The van der Waals surface area contributed by atoms with Crippen LogP contribution in [-0.4, -0.2) is 17.3 Å². The van der Waals surface area contributed by atoms with Gasteiger partial charge in [0.05, 0.1) is 23.9 Å². The highest BCUT2D eigenvalue weighted by atomic mass is 16.5. The molecule has 0 saturated carbocycles. The zero-order chi connectivity index (χ0) is 21.5. The van der Waals surface area contributed by atoms with E-state index in [2.05, 4.69) is 71.7 Å². The summed E-state index contributed by atoms with van der Waals surface area (Å²) in [7, 11) is 0. The Labute approximate surface area is 187 Å². The average Bonchev–Trinajstić information content (AvgIpc) is 3.29. The maximum Gasteiger partial charge on any atom is 0.217 e. The van der Waals surface area contributed by atoms with Crippen molar-refractivity contribution >= 4 is 16.5 Å². The van der Waals surface area contributed by atoms with Crippen molar-refractivity contribution in [3.63, 3.8) is 0 Å². The van der Waals surface area contributed by atoms with Gasteiger partial charge in [-0.05, 0) is 35.9 Å². The minimum Gasteiger partial charge on any atom is -0.493 e. The molecule has 0 aliphatic carbocycles. The highest BCUT2D eigenvalue weighted by Gasteiger charge is 2.42. The predicted molar refractivity (Wildman–Crippen MR) is 127 cm³/mol. The molecule has 2 heterocycles. The molecule has 0 aromatic heterocycles. The van der Waals surface area contributed by atoms with Gasteiger partial charge in [-0.15, -0.1) is 0 Å². The number of benzene rings is 4. The molecule has 0 spiro atoms. The van der Waals surface area contributed by atoms with Gasteiger partial charge >= 0.3 is 0 Å². The van der Waals surface area contributed by atoms with Crippen LogP contribution in [0.3, 0.4) is 0 Å². The summed E-state index contributed by atoms with van der Waals surface area (Å²) in [5.41, 5.74) is 4.45. The molecule has 4 aromatic carbocycles. The number of hydrazone groups is 1. The van der Waals surface area contributed by atoms with Gasteiger partial charge in [0, 0.05) is 17.5 Å². The van der Waals surface area contributed by atoms with Crippen molar-refractivity contribution in [1.82, 2.24) is 5.01 Å². The van der Waals surface area contributed by atoms with Crippen LogP contribution in [0.25, 0.3) is 10.8 Å². The van der Waals surface area contributed by atoms with Crippen LogP contribution in [0.1, 0.15) is 42.3 Å². The molecular weight excluding hydrogens is 396 g/mol. The summed E-state index contributed by atoms with van der Waals surface area (Å²) in [4.78, 5) is 0. The first kappa shape index (κ1) is 18.9. The Bertz CT molecular complexity index is 1320. The molecule has 0 radical (unpaired) electrons. The third kappa shape index (κ3) is 3.02. The molecule has 6 rings (SSSR count). The van der Waals surface area contributed by atoms with E-state index in [1.54, 1.807) is 0 Å². The van der Waals surface area contributed by atoms with Crippen LogP contribution in [-0.2, 0) is 0 Å². The van der Waals surface area contributed by atoms with E-state index in [4.69, 9.17) is 14.6 Å². The largest absolute Gasteiger partial charge is 0.493 e. The average molecular weight is 421 g/mol. The SMILES string of the molecule is CCOc1ccccc1[C@H]1Oc2ccccc2[C@H]2CC(c3cccc4ccccc34)=NN21. The Morgan fingerprint density at radius 3 is 2.53 bits per heavy atom. The van der Waals surface area contributed by atoms with Crippen LogP contribution in [0, 0.1) is 0 Å². The fraction of sp³-hybridized carbons (Fsp3) is 0.179. The van der Waals surface area contributed by atoms with Gasteiger partial charge in [0.15, 0.2) is 0 Å². The van der Waals surface area contributed by atoms with Gasteiger partial charge in [0.1, 0.15) is 11.5 Å². The quantitative estimate of drug-likeness (QED) is 0.379. The molecule has 0 fully saturated rings. The molecule has 4 aromatic rings. The summed E-state index contributed by atoms with van der Waals surface area (Å²) < 4.78 is 12.5. The van der Waals surface area contributed by atoms with Crippen molar-refractivity contribution in [3.8, 4) is 11.5 Å². The highest BCUT2D eigenvalue weighted by Crippen LogP contribution is 2.49. The lowest BCUT2D eigenvalue weighted by molar-refractivity contribution is -0.0205. The van der Waals surface area contributed by atoms with Crippen LogP contribution in [0.5, 0.6) is 11.5 Å². The molecule has 2 aliphatic heterocycles. The number of para-hydroxylation sites is 2. The first-order valence-electron chi connectivity index (χ1n) is 11.1. The van der Waals surface area contributed by atoms with E-state index in [-0.39, 0.29) is 12.3 Å². The van der Waals surface area contributed by atoms with Gasteiger partial charge in [0.2, 0.25) is 6.23 Å². The fourth-order valence-corrected chi connectivity index (χ4v) is 4.85. The molecule has 158 valence electrons. The smallest absolute Gasteiger partial charge is 0.217 e. The molecule has 0 bridgehead atoms. The van der Waals surface area contributed by atoms with Crippen LogP contribution in [0.4, 0.5) is 0 Å². The predicted octanol–water partition coefficient (Wildman–Crippen LogP) is 6.48. The van der Waals surface area contributed by atoms with E-state index in [1.807, 2.05) is 31.2 Å². The summed E-state index contributed by atoms with van der Waals surface area (Å²) in [5, 5.41) is 9.74. The number of nitrogens with zero attached hydrogens (tertiary/aromatic N) is 2. The summed E-state index contributed by atoms with van der Waals surface area (Å²) in [5.74, 6) is 1.76. The zero-order valence-electron chi connectivity index (χ0n) is 17.9. The molecule has 0 amide bonds. The van der Waals surface area contributed by atoms with E-state index in [0.717, 1.165) is 29.2 Å². The van der Waals surface area contributed by atoms with Crippen LogP contribution >= 0.6 is 0 Å². The monoisotopic (exact) mass is 420 g/mol. The van der Waals surface area contributed by atoms with E-state index < -0.39 is 0 Å². The summed E-state index contributed by atoms with van der Waals surface area (Å²) in [6, 6.07) is 31.5. The molecule has 2 aliphatic rings. The lowest BCUT2D eigenvalue weighted by Crippen LogP contribution is -2.34. The fourth-order valence-electron chi connectivity index (χ4n) is 4.85. The van der Waals surface area contributed by atoms with E-state index in [1.165, 1.54) is 21.9 Å². The van der Waals surface area contributed by atoms with Crippen molar-refractivity contribution in [1.29, 1.82) is 0 Å². The van der Waals surface area contributed by atoms with Gasteiger partial charge in [-0.1, -0.05) is 72.8 Å². The third-order valence-corrected chi connectivity index (χ3v) is 6.28. The Morgan fingerprint density at radius 1 is 0.875 bits per heavy atom. The van der Waals surface area contributed by atoms with E-state index in [9.17, 15) is 0 Å². The molecule has 32 heavy (non-hydrogen) atoms. The van der Waals surface area contributed by atoms with Crippen LogP contribution < -0.4 is 9.47 Å². The second-order valence-corrected chi connectivity index (χ2v) is 8.15. The molecule has 4 nitrogen and oxygen atoms in total. The molecular formula is C28H24N2O2.